The summed E-state index contributed by atoms with van der Waals surface area (Å²) in [7, 11) is -3.73. The molecule has 1 aromatic heterocycles. The lowest BCUT2D eigenvalue weighted by Crippen LogP contribution is -2.29. The van der Waals surface area contributed by atoms with E-state index >= 15 is 0 Å². The Bertz CT molecular complexity index is 1170. The molecule has 0 radical (unpaired) electrons. The van der Waals surface area contributed by atoms with Crippen molar-refractivity contribution in [1.82, 2.24) is 19.5 Å². The summed E-state index contributed by atoms with van der Waals surface area (Å²) in [4.78, 5) is 0.133. The third-order valence-electron chi connectivity index (χ3n) is 4.33. The standard InChI is InChI=1S/C20H20ClN5O2S2/c1-3-26-19(14(2)25-30(27,28)18-9-7-17(21)8-10-18)23-24-20(26)29-13-16-6-4-5-15(11-16)12-22/h4-11,14,25H,3,13H2,1-2H3/t14-/m1/s1. The summed E-state index contributed by atoms with van der Waals surface area (Å²) in [6.07, 6.45) is 0. The fourth-order valence-corrected chi connectivity index (χ4v) is 5.15. The average Bonchev–Trinajstić information content (AvgIpc) is 3.15. The van der Waals surface area contributed by atoms with Gasteiger partial charge in [-0.1, -0.05) is 35.5 Å². The minimum atomic E-state index is -3.73. The Morgan fingerprint density at radius 2 is 1.97 bits per heavy atom. The number of halogens is 1. The van der Waals surface area contributed by atoms with Gasteiger partial charge in [0.2, 0.25) is 10.0 Å². The first-order chi connectivity index (χ1) is 14.3. The fourth-order valence-electron chi connectivity index (χ4n) is 2.87. The summed E-state index contributed by atoms with van der Waals surface area (Å²) >= 11 is 7.33. The second-order valence-corrected chi connectivity index (χ2v) is 9.58. The van der Waals surface area contributed by atoms with Crippen LogP contribution < -0.4 is 4.72 Å². The Balaban J connectivity index is 1.75. The van der Waals surface area contributed by atoms with Crippen LogP contribution in [0.15, 0.2) is 58.6 Å². The number of rotatable bonds is 8. The average molecular weight is 462 g/mol. The predicted molar refractivity (Wildman–Crippen MR) is 117 cm³/mol. The van der Waals surface area contributed by atoms with Crippen LogP contribution in [-0.2, 0) is 22.3 Å². The van der Waals surface area contributed by atoms with Gasteiger partial charge in [0.05, 0.1) is 22.6 Å². The molecule has 7 nitrogen and oxygen atoms in total. The van der Waals surface area contributed by atoms with Crippen molar-refractivity contribution in [1.29, 1.82) is 5.26 Å². The van der Waals surface area contributed by atoms with Crippen LogP contribution in [0.1, 0.15) is 36.8 Å². The number of nitriles is 1. The maximum Gasteiger partial charge on any atom is 0.241 e. The summed E-state index contributed by atoms with van der Waals surface area (Å²) in [5.74, 6) is 1.15. The van der Waals surface area contributed by atoms with Gasteiger partial charge in [0.25, 0.3) is 0 Å². The van der Waals surface area contributed by atoms with E-state index in [-0.39, 0.29) is 4.90 Å². The van der Waals surface area contributed by atoms with Crippen molar-refractivity contribution in [3.05, 3.63) is 70.5 Å². The first-order valence-corrected chi connectivity index (χ1v) is 12.0. The highest BCUT2D eigenvalue weighted by Gasteiger charge is 2.23. The number of sulfonamides is 1. The highest BCUT2D eigenvalue weighted by atomic mass is 35.5. The molecule has 3 aromatic rings. The number of aromatic nitrogens is 3. The van der Waals surface area contributed by atoms with E-state index in [1.165, 1.54) is 36.0 Å². The molecule has 30 heavy (non-hydrogen) atoms. The molecule has 156 valence electrons. The molecule has 2 aromatic carbocycles. The Hall–Kier alpha value is -2.38. The smallest absolute Gasteiger partial charge is 0.241 e. The second-order valence-electron chi connectivity index (χ2n) is 6.48. The molecule has 0 saturated carbocycles. The van der Waals surface area contributed by atoms with E-state index in [1.807, 2.05) is 29.7 Å². The van der Waals surface area contributed by atoms with E-state index in [1.54, 1.807) is 13.0 Å². The molecule has 3 rings (SSSR count). The Labute approximate surface area is 185 Å². The second kappa shape index (κ2) is 9.62. The number of hydrogen-bond donors (Lipinski definition) is 1. The monoisotopic (exact) mass is 461 g/mol. The Kier molecular flexibility index (Phi) is 7.15. The van der Waals surface area contributed by atoms with E-state index in [4.69, 9.17) is 16.9 Å². The largest absolute Gasteiger partial charge is 0.305 e. The van der Waals surface area contributed by atoms with E-state index < -0.39 is 16.1 Å². The van der Waals surface area contributed by atoms with Crippen molar-refractivity contribution >= 4 is 33.4 Å². The van der Waals surface area contributed by atoms with Crippen molar-refractivity contribution in [2.75, 3.05) is 0 Å². The van der Waals surface area contributed by atoms with E-state index in [9.17, 15) is 8.42 Å². The first-order valence-electron chi connectivity index (χ1n) is 9.17. The van der Waals surface area contributed by atoms with Crippen LogP contribution in [0.5, 0.6) is 0 Å². The van der Waals surface area contributed by atoms with Crippen molar-refractivity contribution in [3.63, 3.8) is 0 Å². The van der Waals surface area contributed by atoms with E-state index in [0.29, 0.717) is 33.9 Å². The van der Waals surface area contributed by atoms with Crippen LogP contribution in [0.4, 0.5) is 0 Å². The molecule has 0 saturated heterocycles. The molecule has 0 aliphatic rings. The van der Waals surface area contributed by atoms with Crippen LogP contribution in [0.25, 0.3) is 0 Å². The molecule has 1 heterocycles. The molecule has 0 unspecified atom stereocenters. The Morgan fingerprint density at radius 3 is 2.63 bits per heavy atom. The minimum Gasteiger partial charge on any atom is -0.305 e. The molecular formula is C20H20ClN5O2S2. The number of nitrogens with zero attached hydrogens (tertiary/aromatic N) is 4. The van der Waals surface area contributed by atoms with Crippen molar-refractivity contribution in [3.8, 4) is 6.07 Å². The quantitative estimate of drug-likeness (QED) is 0.505. The molecule has 0 spiro atoms. The number of benzene rings is 2. The maximum absolute atomic E-state index is 12.7. The topological polar surface area (TPSA) is 101 Å². The maximum atomic E-state index is 12.7. The lowest BCUT2D eigenvalue weighted by atomic mass is 10.2. The van der Waals surface area contributed by atoms with Gasteiger partial charge in [-0.25, -0.2) is 13.1 Å². The summed E-state index contributed by atoms with van der Waals surface area (Å²) in [6.45, 7) is 4.28. The van der Waals surface area contributed by atoms with Gasteiger partial charge in [-0.15, -0.1) is 10.2 Å². The highest BCUT2D eigenvalue weighted by Crippen LogP contribution is 2.25. The SMILES string of the molecule is CCn1c(SCc2cccc(C#N)c2)nnc1[C@@H](C)NS(=O)(=O)c1ccc(Cl)cc1. The van der Waals surface area contributed by atoms with Crippen LogP contribution in [0, 0.1) is 11.3 Å². The van der Waals surface area contributed by atoms with E-state index in [2.05, 4.69) is 21.0 Å². The van der Waals surface area contributed by atoms with Crippen LogP contribution in [0.2, 0.25) is 5.02 Å². The third kappa shape index (κ3) is 5.21. The highest BCUT2D eigenvalue weighted by molar-refractivity contribution is 7.98. The number of nitrogens with one attached hydrogen (secondary N) is 1. The lowest BCUT2D eigenvalue weighted by molar-refractivity contribution is 0.539. The fraction of sp³-hybridized carbons (Fsp3) is 0.250. The van der Waals surface area contributed by atoms with Crippen molar-refractivity contribution < 1.29 is 8.42 Å². The molecule has 0 amide bonds. The summed E-state index contributed by atoms with van der Waals surface area (Å²) in [5, 5.41) is 18.6. The molecule has 1 N–H and O–H groups in total. The molecule has 1 atom stereocenters. The summed E-state index contributed by atoms with van der Waals surface area (Å²) < 4.78 is 29.9. The van der Waals surface area contributed by atoms with Crippen LogP contribution >= 0.6 is 23.4 Å². The molecule has 0 fully saturated rings. The molecule has 0 bridgehead atoms. The molecule has 0 aliphatic carbocycles. The van der Waals surface area contributed by atoms with Crippen molar-refractivity contribution in [2.24, 2.45) is 0 Å². The van der Waals surface area contributed by atoms with Gasteiger partial charge in [-0.3, -0.25) is 0 Å². The van der Waals surface area contributed by atoms with Crippen molar-refractivity contribution in [2.45, 2.75) is 42.2 Å². The Morgan fingerprint density at radius 1 is 1.23 bits per heavy atom. The molecule has 0 aliphatic heterocycles. The van der Waals surface area contributed by atoms with Gasteiger partial charge >= 0.3 is 0 Å². The summed E-state index contributed by atoms with van der Waals surface area (Å²) in [5.41, 5.74) is 1.61. The zero-order chi connectivity index (χ0) is 21.7. The van der Waals surface area contributed by atoms with E-state index in [0.717, 1.165) is 5.56 Å². The predicted octanol–water partition coefficient (Wildman–Crippen LogP) is 4.15. The number of thioether (sulfide) groups is 1. The molecule has 10 heteroatoms. The number of hydrogen-bond acceptors (Lipinski definition) is 6. The van der Waals surface area contributed by atoms with Crippen LogP contribution in [-0.4, -0.2) is 23.2 Å². The zero-order valence-corrected chi connectivity index (χ0v) is 18.8. The first kappa shape index (κ1) is 22.3. The van der Waals surface area contributed by atoms with Gasteiger partial charge < -0.3 is 4.57 Å². The summed E-state index contributed by atoms with van der Waals surface area (Å²) in [6, 6.07) is 14.9. The van der Waals surface area contributed by atoms with Gasteiger partial charge in [0.15, 0.2) is 11.0 Å². The third-order valence-corrected chi connectivity index (χ3v) is 7.18. The van der Waals surface area contributed by atoms with Crippen LogP contribution in [0.3, 0.4) is 0 Å². The van der Waals surface area contributed by atoms with Gasteiger partial charge in [0, 0.05) is 17.3 Å². The van der Waals surface area contributed by atoms with Gasteiger partial charge in [0.1, 0.15) is 0 Å². The zero-order valence-electron chi connectivity index (χ0n) is 16.4. The van der Waals surface area contributed by atoms with Gasteiger partial charge in [-0.05, 0) is 55.8 Å². The minimum absolute atomic E-state index is 0.133. The lowest BCUT2D eigenvalue weighted by Gasteiger charge is -2.15. The molecular weight excluding hydrogens is 442 g/mol. The van der Waals surface area contributed by atoms with Gasteiger partial charge in [-0.2, -0.15) is 5.26 Å². The normalized spacial score (nSPS) is 12.5.